The quantitative estimate of drug-likeness (QED) is 0.716. The number of rotatable bonds is 4. The van der Waals surface area contributed by atoms with Crippen LogP contribution in [0, 0.1) is 0 Å². The minimum Gasteiger partial charge on any atom is -0.497 e. The Balaban J connectivity index is 2.03. The SMILES string of the molecule is COc1ccc(N)c(C(=O)NCC2(O)CCCC2)c1. The summed E-state index contributed by atoms with van der Waals surface area (Å²) in [7, 11) is 1.54. The standard InChI is InChI=1S/C14H20N2O3/c1-19-10-4-5-12(15)11(8-10)13(17)16-9-14(18)6-2-3-7-14/h4-5,8,18H,2-3,6-7,9,15H2,1H3,(H,16,17). The van der Waals surface area contributed by atoms with Crippen molar-refractivity contribution in [3.05, 3.63) is 23.8 Å². The first-order valence-electron chi connectivity index (χ1n) is 6.48. The summed E-state index contributed by atoms with van der Waals surface area (Å²) < 4.78 is 5.07. The van der Waals surface area contributed by atoms with Crippen LogP contribution in [-0.2, 0) is 0 Å². The molecule has 1 saturated carbocycles. The van der Waals surface area contributed by atoms with Gasteiger partial charge in [0, 0.05) is 12.2 Å². The molecule has 0 aliphatic heterocycles. The molecule has 1 fully saturated rings. The van der Waals surface area contributed by atoms with Gasteiger partial charge in [-0.2, -0.15) is 0 Å². The first-order chi connectivity index (χ1) is 9.04. The van der Waals surface area contributed by atoms with Gasteiger partial charge in [-0.05, 0) is 31.0 Å². The lowest BCUT2D eigenvalue weighted by atomic mass is 10.0. The number of hydrogen-bond acceptors (Lipinski definition) is 4. The summed E-state index contributed by atoms with van der Waals surface area (Å²) in [5.41, 5.74) is 5.80. The van der Waals surface area contributed by atoms with Gasteiger partial charge in [-0.15, -0.1) is 0 Å². The Morgan fingerprint density at radius 3 is 2.79 bits per heavy atom. The Morgan fingerprint density at radius 1 is 1.47 bits per heavy atom. The van der Waals surface area contributed by atoms with Crippen LogP contribution in [0.15, 0.2) is 18.2 Å². The summed E-state index contributed by atoms with van der Waals surface area (Å²) >= 11 is 0. The van der Waals surface area contributed by atoms with Crippen LogP contribution in [-0.4, -0.2) is 30.3 Å². The van der Waals surface area contributed by atoms with E-state index in [2.05, 4.69) is 5.32 Å². The largest absolute Gasteiger partial charge is 0.497 e. The van der Waals surface area contributed by atoms with Crippen molar-refractivity contribution in [2.75, 3.05) is 19.4 Å². The lowest BCUT2D eigenvalue weighted by molar-refractivity contribution is 0.0450. The maximum absolute atomic E-state index is 12.1. The third-order valence-corrected chi connectivity index (χ3v) is 3.62. The number of anilines is 1. The Morgan fingerprint density at radius 2 is 2.16 bits per heavy atom. The smallest absolute Gasteiger partial charge is 0.253 e. The van der Waals surface area contributed by atoms with Crippen LogP contribution in [0.1, 0.15) is 36.0 Å². The number of carbonyl (C=O) groups is 1. The molecule has 0 spiro atoms. The molecule has 4 N–H and O–H groups in total. The number of nitrogen functional groups attached to an aromatic ring is 1. The van der Waals surface area contributed by atoms with E-state index in [0.29, 0.717) is 17.0 Å². The van der Waals surface area contributed by atoms with Gasteiger partial charge in [0.1, 0.15) is 5.75 Å². The van der Waals surface area contributed by atoms with Crippen molar-refractivity contribution in [1.29, 1.82) is 0 Å². The van der Waals surface area contributed by atoms with Crippen LogP contribution in [0.4, 0.5) is 5.69 Å². The van der Waals surface area contributed by atoms with Gasteiger partial charge in [0.15, 0.2) is 0 Å². The maximum Gasteiger partial charge on any atom is 0.253 e. The van der Waals surface area contributed by atoms with Gasteiger partial charge in [0.2, 0.25) is 0 Å². The van der Waals surface area contributed by atoms with E-state index in [9.17, 15) is 9.90 Å². The summed E-state index contributed by atoms with van der Waals surface area (Å²) in [6.07, 6.45) is 3.49. The summed E-state index contributed by atoms with van der Waals surface area (Å²) in [6.45, 7) is 0.266. The monoisotopic (exact) mass is 264 g/mol. The molecule has 0 radical (unpaired) electrons. The van der Waals surface area contributed by atoms with Crippen molar-refractivity contribution in [2.24, 2.45) is 0 Å². The van der Waals surface area contributed by atoms with E-state index in [-0.39, 0.29) is 12.5 Å². The maximum atomic E-state index is 12.1. The van der Waals surface area contributed by atoms with Crippen molar-refractivity contribution in [3.8, 4) is 5.75 Å². The summed E-state index contributed by atoms with van der Waals surface area (Å²) in [5, 5.41) is 12.9. The molecule has 19 heavy (non-hydrogen) atoms. The van der Waals surface area contributed by atoms with Gasteiger partial charge in [-0.1, -0.05) is 12.8 Å². The molecule has 1 aliphatic carbocycles. The lowest BCUT2D eigenvalue weighted by Crippen LogP contribution is -2.40. The Hall–Kier alpha value is -1.75. The van der Waals surface area contributed by atoms with Gasteiger partial charge in [-0.3, -0.25) is 4.79 Å². The van der Waals surface area contributed by atoms with Gasteiger partial charge in [-0.25, -0.2) is 0 Å². The number of nitrogens with one attached hydrogen (secondary N) is 1. The fourth-order valence-corrected chi connectivity index (χ4v) is 2.41. The fraction of sp³-hybridized carbons (Fsp3) is 0.500. The van der Waals surface area contributed by atoms with Crippen LogP contribution < -0.4 is 15.8 Å². The van der Waals surface area contributed by atoms with Gasteiger partial charge < -0.3 is 20.9 Å². The number of benzene rings is 1. The first-order valence-corrected chi connectivity index (χ1v) is 6.48. The number of methoxy groups -OCH3 is 1. The summed E-state index contributed by atoms with van der Waals surface area (Å²) in [5.74, 6) is 0.302. The number of nitrogens with two attached hydrogens (primary N) is 1. The normalized spacial score (nSPS) is 17.2. The Labute approximate surface area is 112 Å². The second-order valence-corrected chi connectivity index (χ2v) is 5.07. The van der Waals surface area contributed by atoms with Crippen LogP contribution >= 0.6 is 0 Å². The fourth-order valence-electron chi connectivity index (χ4n) is 2.41. The van der Waals surface area contributed by atoms with E-state index < -0.39 is 5.60 Å². The molecular formula is C14H20N2O3. The van der Waals surface area contributed by atoms with Crippen LogP contribution in [0.5, 0.6) is 5.75 Å². The predicted octanol–water partition coefficient (Wildman–Crippen LogP) is 1.31. The number of amides is 1. The van der Waals surface area contributed by atoms with Crippen molar-refractivity contribution in [2.45, 2.75) is 31.3 Å². The minimum absolute atomic E-state index is 0.266. The molecule has 1 aliphatic rings. The molecule has 0 bridgehead atoms. The predicted molar refractivity (Wildman–Crippen MR) is 73.2 cm³/mol. The zero-order chi connectivity index (χ0) is 13.9. The molecule has 104 valence electrons. The van der Waals surface area contributed by atoms with Gasteiger partial charge in [0.05, 0.1) is 18.3 Å². The topological polar surface area (TPSA) is 84.6 Å². The lowest BCUT2D eigenvalue weighted by Gasteiger charge is -2.22. The molecule has 0 aromatic heterocycles. The Kier molecular flexibility index (Phi) is 3.95. The average molecular weight is 264 g/mol. The molecule has 5 heteroatoms. The average Bonchev–Trinajstić information content (AvgIpc) is 2.84. The highest BCUT2D eigenvalue weighted by molar-refractivity contribution is 5.99. The van der Waals surface area contributed by atoms with E-state index in [1.807, 2.05) is 0 Å². The third-order valence-electron chi connectivity index (χ3n) is 3.62. The van der Waals surface area contributed by atoms with Crippen LogP contribution in [0.25, 0.3) is 0 Å². The highest BCUT2D eigenvalue weighted by Crippen LogP contribution is 2.28. The molecule has 1 aromatic rings. The molecule has 0 atom stereocenters. The number of carbonyl (C=O) groups excluding carboxylic acids is 1. The van der Waals surface area contributed by atoms with Gasteiger partial charge in [0.25, 0.3) is 5.91 Å². The molecule has 5 nitrogen and oxygen atoms in total. The van der Waals surface area contributed by atoms with E-state index in [0.717, 1.165) is 25.7 Å². The van der Waals surface area contributed by atoms with Crippen molar-refractivity contribution in [1.82, 2.24) is 5.32 Å². The van der Waals surface area contributed by atoms with Crippen LogP contribution in [0.3, 0.4) is 0 Å². The van der Waals surface area contributed by atoms with E-state index in [1.165, 1.54) is 7.11 Å². The first kappa shape index (κ1) is 13.7. The van der Waals surface area contributed by atoms with Crippen molar-refractivity contribution < 1.29 is 14.6 Å². The zero-order valence-electron chi connectivity index (χ0n) is 11.1. The Bertz CT molecular complexity index is 468. The van der Waals surface area contributed by atoms with E-state index in [4.69, 9.17) is 10.5 Å². The summed E-state index contributed by atoms with van der Waals surface area (Å²) in [6, 6.07) is 4.94. The molecule has 0 unspecified atom stereocenters. The highest BCUT2D eigenvalue weighted by atomic mass is 16.5. The number of aliphatic hydroxyl groups is 1. The van der Waals surface area contributed by atoms with Gasteiger partial charge >= 0.3 is 0 Å². The molecular weight excluding hydrogens is 244 g/mol. The zero-order valence-corrected chi connectivity index (χ0v) is 11.1. The molecule has 0 saturated heterocycles. The van der Waals surface area contributed by atoms with E-state index >= 15 is 0 Å². The molecule has 0 heterocycles. The minimum atomic E-state index is -0.761. The summed E-state index contributed by atoms with van der Waals surface area (Å²) in [4.78, 5) is 12.1. The second kappa shape index (κ2) is 5.48. The third kappa shape index (κ3) is 3.17. The number of hydrogen-bond donors (Lipinski definition) is 3. The second-order valence-electron chi connectivity index (χ2n) is 5.07. The molecule has 1 amide bonds. The van der Waals surface area contributed by atoms with Crippen LogP contribution in [0.2, 0.25) is 0 Å². The van der Waals surface area contributed by atoms with Crippen molar-refractivity contribution in [3.63, 3.8) is 0 Å². The number of ether oxygens (including phenoxy) is 1. The van der Waals surface area contributed by atoms with Crippen molar-refractivity contribution >= 4 is 11.6 Å². The molecule has 2 rings (SSSR count). The molecule has 1 aromatic carbocycles. The van der Waals surface area contributed by atoms with E-state index in [1.54, 1.807) is 18.2 Å². The highest BCUT2D eigenvalue weighted by Gasteiger charge is 2.31.